The van der Waals surface area contributed by atoms with E-state index in [-0.39, 0.29) is 11.8 Å². The van der Waals surface area contributed by atoms with E-state index in [0.29, 0.717) is 34.3 Å². The van der Waals surface area contributed by atoms with E-state index in [0.717, 1.165) is 0 Å². The molecule has 0 saturated heterocycles. The van der Waals surface area contributed by atoms with E-state index < -0.39 is 11.9 Å². The number of rotatable bonds is 6. The van der Waals surface area contributed by atoms with Gasteiger partial charge in [-0.25, -0.2) is 4.98 Å². The molecule has 0 spiro atoms. The Morgan fingerprint density at radius 1 is 1.48 bits per heavy atom. The van der Waals surface area contributed by atoms with Crippen LogP contribution in [0.15, 0.2) is 35.2 Å². The van der Waals surface area contributed by atoms with Crippen molar-refractivity contribution in [2.75, 3.05) is 5.32 Å². The van der Waals surface area contributed by atoms with Crippen LogP contribution in [0, 0.1) is 11.8 Å². The molecule has 2 rings (SSSR count). The van der Waals surface area contributed by atoms with E-state index in [1.165, 1.54) is 11.3 Å². The highest BCUT2D eigenvalue weighted by Gasteiger charge is 2.38. The summed E-state index contributed by atoms with van der Waals surface area (Å²) in [6.07, 6.45) is 5.94. The van der Waals surface area contributed by atoms with Gasteiger partial charge in [-0.15, -0.1) is 11.3 Å². The molecule has 7 heteroatoms. The fourth-order valence-corrected chi connectivity index (χ4v) is 3.27. The molecule has 0 atom stereocenters. The van der Waals surface area contributed by atoms with Crippen molar-refractivity contribution in [1.29, 1.82) is 0 Å². The van der Waals surface area contributed by atoms with Crippen LogP contribution < -0.4 is 5.32 Å². The van der Waals surface area contributed by atoms with Gasteiger partial charge in [0.1, 0.15) is 0 Å². The minimum atomic E-state index is -0.843. The Hall–Kier alpha value is -1.92. The minimum Gasteiger partial charge on any atom is -0.481 e. The standard InChI is InChI=1S/C16H17ClN2O3S/c1-3-5-12(17)11(4-2)13-8-23-16(18-13)19-14(20)9-6-10(7-9)15(21)22/h3-5,8-10H,2,6-7H2,1H3,(H,21,22)(H,18,19,20)/b5-3-,12-11-. The molecule has 1 heterocycles. The number of hydrogen-bond acceptors (Lipinski definition) is 4. The average Bonchev–Trinajstić information content (AvgIpc) is 2.85. The number of carbonyl (C=O) groups excluding carboxylic acids is 1. The molecule has 1 amide bonds. The van der Waals surface area contributed by atoms with E-state index in [2.05, 4.69) is 16.9 Å². The van der Waals surface area contributed by atoms with Crippen LogP contribution in [-0.4, -0.2) is 22.0 Å². The Bertz CT molecular complexity index is 687. The lowest BCUT2D eigenvalue weighted by Gasteiger charge is -2.30. The third-order valence-corrected chi connectivity index (χ3v) is 4.73. The Morgan fingerprint density at radius 2 is 2.17 bits per heavy atom. The number of aliphatic carboxylic acids is 1. The fraction of sp³-hybridized carbons (Fsp3) is 0.312. The molecule has 5 nitrogen and oxygen atoms in total. The third kappa shape index (κ3) is 4.09. The number of carbonyl (C=O) groups is 2. The Labute approximate surface area is 143 Å². The molecule has 2 N–H and O–H groups in total. The van der Waals surface area contributed by atoms with E-state index in [1.54, 1.807) is 17.5 Å². The summed E-state index contributed by atoms with van der Waals surface area (Å²) >= 11 is 7.46. The van der Waals surface area contributed by atoms with Crippen molar-refractivity contribution in [3.05, 3.63) is 40.9 Å². The number of carboxylic acids is 1. The number of aromatic nitrogens is 1. The fourth-order valence-electron chi connectivity index (χ4n) is 2.26. The first-order chi connectivity index (χ1) is 11.0. The molecule has 1 aromatic rings. The van der Waals surface area contributed by atoms with Gasteiger partial charge in [-0.1, -0.05) is 30.3 Å². The summed E-state index contributed by atoms with van der Waals surface area (Å²) in [4.78, 5) is 27.1. The van der Waals surface area contributed by atoms with Gasteiger partial charge in [0.2, 0.25) is 5.91 Å². The van der Waals surface area contributed by atoms with Crippen LogP contribution in [0.3, 0.4) is 0 Å². The van der Waals surface area contributed by atoms with Gasteiger partial charge in [-0.3, -0.25) is 9.59 Å². The lowest BCUT2D eigenvalue weighted by Crippen LogP contribution is -2.38. The Morgan fingerprint density at radius 3 is 2.74 bits per heavy atom. The summed E-state index contributed by atoms with van der Waals surface area (Å²) in [6, 6.07) is 0. The molecule has 1 aliphatic carbocycles. The first kappa shape index (κ1) is 17.4. The second-order valence-corrected chi connectivity index (χ2v) is 6.46. The molecule has 1 saturated carbocycles. The smallest absolute Gasteiger partial charge is 0.306 e. The lowest BCUT2D eigenvalue weighted by molar-refractivity contribution is -0.147. The quantitative estimate of drug-likeness (QED) is 0.761. The number of amides is 1. The second-order valence-electron chi connectivity index (χ2n) is 5.20. The van der Waals surface area contributed by atoms with Crippen molar-refractivity contribution in [2.24, 2.45) is 11.8 Å². The summed E-state index contributed by atoms with van der Waals surface area (Å²) in [7, 11) is 0. The van der Waals surface area contributed by atoms with Gasteiger partial charge in [-0.2, -0.15) is 0 Å². The number of nitrogens with one attached hydrogen (secondary N) is 1. The summed E-state index contributed by atoms with van der Waals surface area (Å²) in [5.41, 5.74) is 1.33. The molecule has 0 bridgehead atoms. The van der Waals surface area contributed by atoms with Gasteiger partial charge < -0.3 is 10.4 Å². The van der Waals surface area contributed by atoms with Crippen molar-refractivity contribution >= 4 is 45.5 Å². The highest BCUT2D eigenvalue weighted by molar-refractivity contribution is 7.14. The van der Waals surface area contributed by atoms with Crippen LogP contribution in [0.25, 0.3) is 5.57 Å². The number of halogens is 1. The van der Waals surface area contributed by atoms with Gasteiger partial charge in [0.05, 0.1) is 11.6 Å². The number of carboxylic acid groups (broad SMARTS) is 1. The van der Waals surface area contributed by atoms with Crippen LogP contribution in [0.5, 0.6) is 0 Å². The summed E-state index contributed by atoms with van der Waals surface area (Å²) in [6.45, 7) is 5.59. The number of thiazole rings is 1. The van der Waals surface area contributed by atoms with E-state index in [4.69, 9.17) is 16.7 Å². The minimum absolute atomic E-state index is 0.188. The molecule has 1 aliphatic rings. The Balaban J connectivity index is 2.03. The van der Waals surface area contributed by atoms with E-state index in [9.17, 15) is 9.59 Å². The van der Waals surface area contributed by atoms with Crippen LogP contribution in [0.4, 0.5) is 5.13 Å². The Kier molecular flexibility index (Phi) is 5.74. The third-order valence-electron chi connectivity index (χ3n) is 3.64. The highest BCUT2D eigenvalue weighted by Crippen LogP contribution is 2.35. The second kappa shape index (κ2) is 7.57. The van der Waals surface area contributed by atoms with E-state index >= 15 is 0 Å². The van der Waals surface area contributed by atoms with Crippen molar-refractivity contribution in [1.82, 2.24) is 4.98 Å². The molecule has 1 aromatic heterocycles. The number of hydrogen-bond donors (Lipinski definition) is 2. The van der Waals surface area contributed by atoms with Gasteiger partial charge in [0.15, 0.2) is 5.13 Å². The predicted molar refractivity (Wildman–Crippen MR) is 92.4 cm³/mol. The van der Waals surface area contributed by atoms with Gasteiger partial charge in [0, 0.05) is 21.9 Å². The molecule has 23 heavy (non-hydrogen) atoms. The maximum Gasteiger partial charge on any atom is 0.306 e. The number of anilines is 1. The number of nitrogens with zero attached hydrogens (tertiary/aromatic N) is 1. The van der Waals surface area contributed by atoms with Crippen LogP contribution in [-0.2, 0) is 9.59 Å². The van der Waals surface area contributed by atoms with Crippen LogP contribution in [0.2, 0.25) is 0 Å². The largest absolute Gasteiger partial charge is 0.481 e. The SMILES string of the molecule is C=C/C(=C(Cl)\C=C/C)c1csc(NC(=O)C2CC(C(=O)O)C2)n1. The molecule has 1 fully saturated rings. The summed E-state index contributed by atoms with van der Waals surface area (Å²) in [5, 5.41) is 14.3. The van der Waals surface area contributed by atoms with Crippen molar-refractivity contribution < 1.29 is 14.7 Å². The summed E-state index contributed by atoms with van der Waals surface area (Å²) in [5.74, 6) is -1.70. The van der Waals surface area contributed by atoms with Gasteiger partial charge in [-0.05, 0) is 25.8 Å². The van der Waals surface area contributed by atoms with Crippen LogP contribution in [0.1, 0.15) is 25.5 Å². The number of allylic oxidation sites excluding steroid dienone is 5. The normalized spacial score (nSPS) is 21.5. The zero-order valence-corrected chi connectivity index (χ0v) is 14.2. The molecule has 0 aliphatic heterocycles. The lowest BCUT2D eigenvalue weighted by atomic mass is 9.74. The van der Waals surface area contributed by atoms with Crippen molar-refractivity contribution in [3.8, 4) is 0 Å². The van der Waals surface area contributed by atoms with Gasteiger partial charge in [0.25, 0.3) is 0 Å². The monoisotopic (exact) mass is 352 g/mol. The van der Waals surface area contributed by atoms with Crippen LogP contribution >= 0.6 is 22.9 Å². The zero-order chi connectivity index (χ0) is 17.0. The predicted octanol–water partition coefficient (Wildman–Crippen LogP) is 3.90. The molecular weight excluding hydrogens is 336 g/mol. The maximum atomic E-state index is 12.0. The first-order valence-electron chi connectivity index (χ1n) is 7.10. The molecular formula is C16H17ClN2O3S. The maximum absolute atomic E-state index is 12.0. The van der Waals surface area contributed by atoms with Gasteiger partial charge >= 0.3 is 5.97 Å². The topological polar surface area (TPSA) is 79.3 Å². The summed E-state index contributed by atoms with van der Waals surface area (Å²) < 4.78 is 0. The highest BCUT2D eigenvalue weighted by atomic mass is 35.5. The molecule has 122 valence electrons. The van der Waals surface area contributed by atoms with Crippen molar-refractivity contribution in [3.63, 3.8) is 0 Å². The zero-order valence-electron chi connectivity index (χ0n) is 12.6. The molecule has 0 radical (unpaired) electrons. The van der Waals surface area contributed by atoms with Crippen molar-refractivity contribution in [2.45, 2.75) is 19.8 Å². The first-order valence-corrected chi connectivity index (χ1v) is 8.36. The van der Waals surface area contributed by atoms with E-state index in [1.807, 2.05) is 13.0 Å². The molecule has 0 aromatic carbocycles. The molecule has 0 unspecified atom stereocenters. The average molecular weight is 353 g/mol.